The van der Waals surface area contributed by atoms with Crippen molar-refractivity contribution in [2.75, 3.05) is 13.7 Å². The third-order valence-electron chi connectivity index (χ3n) is 2.08. The van der Waals surface area contributed by atoms with E-state index in [0.717, 1.165) is 5.56 Å². The van der Waals surface area contributed by atoms with E-state index in [1.807, 2.05) is 6.92 Å². The van der Waals surface area contributed by atoms with Gasteiger partial charge in [0.15, 0.2) is 11.6 Å². The number of ether oxygens (including phenoxy) is 1. The van der Waals surface area contributed by atoms with Gasteiger partial charge in [0.25, 0.3) is 0 Å². The molecule has 1 rings (SSSR count). The van der Waals surface area contributed by atoms with Gasteiger partial charge in [-0.1, -0.05) is 6.92 Å². The fraction of sp³-hybridized carbons (Fsp3) is 0.400. The summed E-state index contributed by atoms with van der Waals surface area (Å²) < 4.78 is 18.5. The van der Waals surface area contributed by atoms with E-state index < -0.39 is 5.82 Å². The molecule has 0 spiro atoms. The highest BCUT2D eigenvalue weighted by molar-refractivity contribution is 9.10. The maximum Gasteiger partial charge on any atom is 0.179 e. The number of rotatable bonds is 3. The summed E-state index contributed by atoms with van der Waals surface area (Å²) in [7, 11) is 1.41. The minimum Gasteiger partial charge on any atom is -0.494 e. The van der Waals surface area contributed by atoms with E-state index in [0.29, 0.717) is 4.47 Å². The highest BCUT2D eigenvalue weighted by Gasteiger charge is 2.12. The lowest BCUT2D eigenvalue weighted by Gasteiger charge is -2.11. The van der Waals surface area contributed by atoms with Gasteiger partial charge in [-0.05, 0) is 33.6 Å². The molecule has 1 aromatic carbocycles. The van der Waals surface area contributed by atoms with Gasteiger partial charge < -0.3 is 9.84 Å². The maximum atomic E-state index is 13.3. The summed E-state index contributed by atoms with van der Waals surface area (Å²) in [6.45, 7) is 1.89. The lowest BCUT2D eigenvalue weighted by molar-refractivity contribution is 0.272. The van der Waals surface area contributed by atoms with Gasteiger partial charge in [0, 0.05) is 12.5 Å². The predicted molar refractivity (Wildman–Crippen MR) is 56.2 cm³/mol. The number of hydrogen-bond donors (Lipinski definition) is 1. The molecule has 2 nitrogen and oxygen atoms in total. The van der Waals surface area contributed by atoms with Gasteiger partial charge in [0.2, 0.25) is 0 Å². The van der Waals surface area contributed by atoms with Gasteiger partial charge in [0.1, 0.15) is 0 Å². The molecule has 0 radical (unpaired) electrons. The molecule has 0 bridgehead atoms. The van der Waals surface area contributed by atoms with Crippen LogP contribution in [0.4, 0.5) is 4.39 Å². The van der Waals surface area contributed by atoms with Gasteiger partial charge >= 0.3 is 0 Å². The Morgan fingerprint density at radius 3 is 2.71 bits per heavy atom. The lowest BCUT2D eigenvalue weighted by atomic mass is 10.0. The van der Waals surface area contributed by atoms with E-state index in [-0.39, 0.29) is 18.3 Å². The second-order valence-corrected chi connectivity index (χ2v) is 3.96. The monoisotopic (exact) mass is 262 g/mol. The quantitative estimate of drug-likeness (QED) is 0.908. The van der Waals surface area contributed by atoms with Crippen molar-refractivity contribution >= 4 is 15.9 Å². The highest BCUT2D eigenvalue weighted by Crippen LogP contribution is 2.30. The van der Waals surface area contributed by atoms with Crippen molar-refractivity contribution in [1.82, 2.24) is 0 Å². The van der Waals surface area contributed by atoms with Crippen LogP contribution in [0.2, 0.25) is 0 Å². The molecular weight excluding hydrogens is 251 g/mol. The molecule has 0 heterocycles. The first kappa shape index (κ1) is 11.5. The molecule has 0 fully saturated rings. The SMILES string of the molecule is COc1cc(C(C)CO)cc(Br)c1F. The van der Waals surface area contributed by atoms with Crippen molar-refractivity contribution in [3.63, 3.8) is 0 Å². The molecule has 0 aliphatic heterocycles. The van der Waals surface area contributed by atoms with E-state index in [1.54, 1.807) is 12.1 Å². The molecule has 0 amide bonds. The molecule has 0 aromatic heterocycles. The highest BCUT2D eigenvalue weighted by atomic mass is 79.9. The Morgan fingerprint density at radius 1 is 1.57 bits per heavy atom. The minimum absolute atomic E-state index is 0.0270. The van der Waals surface area contributed by atoms with Crippen LogP contribution in [0.15, 0.2) is 16.6 Å². The van der Waals surface area contributed by atoms with E-state index in [9.17, 15) is 4.39 Å². The number of methoxy groups -OCH3 is 1. The lowest BCUT2D eigenvalue weighted by Crippen LogP contribution is -2.01. The number of hydrogen-bond acceptors (Lipinski definition) is 2. The third-order valence-corrected chi connectivity index (χ3v) is 2.66. The van der Waals surface area contributed by atoms with Crippen molar-refractivity contribution in [1.29, 1.82) is 0 Å². The first-order valence-corrected chi connectivity index (χ1v) is 5.03. The molecule has 0 aliphatic carbocycles. The molecule has 4 heteroatoms. The Bertz CT molecular complexity index is 328. The Kier molecular flexibility index (Phi) is 3.89. The second kappa shape index (κ2) is 4.75. The van der Waals surface area contributed by atoms with Crippen LogP contribution >= 0.6 is 15.9 Å². The summed E-state index contributed by atoms with van der Waals surface area (Å²) in [5, 5.41) is 8.96. The van der Waals surface area contributed by atoms with E-state index in [2.05, 4.69) is 15.9 Å². The molecule has 1 atom stereocenters. The van der Waals surface area contributed by atoms with E-state index in [1.165, 1.54) is 7.11 Å². The maximum absolute atomic E-state index is 13.3. The van der Waals surface area contributed by atoms with Gasteiger partial charge in [0.05, 0.1) is 11.6 Å². The van der Waals surface area contributed by atoms with Crippen LogP contribution in [0.5, 0.6) is 5.75 Å². The van der Waals surface area contributed by atoms with Crippen molar-refractivity contribution in [2.45, 2.75) is 12.8 Å². The van der Waals surface area contributed by atoms with Crippen LogP contribution in [-0.4, -0.2) is 18.8 Å². The average Bonchev–Trinajstić information content (AvgIpc) is 2.20. The van der Waals surface area contributed by atoms with Crippen LogP contribution in [0.3, 0.4) is 0 Å². The van der Waals surface area contributed by atoms with Gasteiger partial charge in [-0.3, -0.25) is 0 Å². The second-order valence-electron chi connectivity index (χ2n) is 3.10. The summed E-state index contributed by atoms with van der Waals surface area (Å²) in [6.07, 6.45) is 0. The van der Waals surface area contributed by atoms with Crippen LogP contribution in [0, 0.1) is 5.82 Å². The van der Waals surface area contributed by atoms with Crippen LogP contribution in [-0.2, 0) is 0 Å². The Hall–Kier alpha value is -0.610. The summed E-state index contributed by atoms with van der Waals surface area (Å²) in [5.41, 5.74) is 0.845. The molecule has 0 saturated heterocycles. The van der Waals surface area contributed by atoms with Crippen LogP contribution in [0.25, 0.3) is 0 Å². The predicted octanol–water partition coefficient (Wildman–Crippen LogP) is 2.69. The molecule has 78 valence electrons. The number of benzene rings is 1. The molecular formula is C10H12BrFO2. The normalized spacial score (nSPS) is 12.6. The molecule has 14 heavy (non-hydrogen) atoms. The van der Waals surface area contributed by atoms with Crippen molar-refractivity contribution in [2.24, 2.45) is 0 Å². The zero-order chi connectivity index (χ0) is 10.7. The largest absolute Gasteiger partial charge is 0.494 e. The molecule has 1 N–H and O–H groups in total. The summed E-state index contributed by atoms with van der Waals surface area (Å²) >= 11 is 3.10. The van der Waals surface area contributed by atoms with Crippen molar-refractivity contribution < 1.29 is 14.2 Å². The smallest absolute Gasteiger partial charge is 0.179 e. The number of halogens is 2. The van der Waals surface area contributed by atoms with Crippen LogP contribution < -0.4 is 4.74 Å². The zero-order valence-electron chi connectivity index (χ0n) is 8.05. The molecule has 1 aromatic rings. The first-order chi connectivity index (χ1) is 6.60. The summed E-state index contributed by atoms with van der Waals surface area (Å²) in [6, 6.07) is 3.25. The Morgan fingerprint density at radius 2 is 2.21 bits per heavy atom. The molecule has 1 unspecified atom stereocenters. The van der Waals surface area contributed by atoms with Gasteiger partial charge in [-0.2, -0.15) is 0 Å². The topological polar surface area (TPSA) is 29.5 Å². The standard InChI is InChI=1S/C10H12BrFO2/c1-6(5-13)7-3-8(11)10(12)9(4-7)14-2/h3-4,6,13H,5H2,1-2H3. The third kappa shape index (κ3) is 2.25. The minimum atomic E-state index is -0.415. The Balaban J connectivity index is 3.16. The zero-order valence-corrected chi connectivity index (χ0v) is 9.64. The molecule has 0 saturated carbocycles. The van der Waals surface area contributed by atoms with E-state index in [4.69, 9.17) is 9.84 Å². The molecule has 0 aliphatic rings. The number of aliphatic hydroxyl groups excluding tert-OH is 1. The first-order valence-electron chi connectivity index (χ1n) is 4.24. The van der Waals surface area contributed by atoms with E-state index >= 15 is 0 Å². The fourth-order valence-electron chi connectivity index (χ4n) is 1.12. The van der Waals surface area contributed by atoms with Crippen LogP contribution in [0.1, 0.15) is 18.4 Å². The Labute approximate surface area is 90.8 Å². The van der Waals surface area contributed by atoms with Crippen molar-refractivity contribution in [3.8, 4) is 5.75 Å². The van der Waals surface area contributed by atoms with Crippen molar-refractivity contribution in [3.05, 3.63) is 28.0 Å². The fourth-order valence-corrected chi connectivity index (χ4v) is 1.58. The summed E-state index contributed by atoms with van der Waals surface area (Å²) in [5.74, 6) is -0.253. The van der Waals surface area contributed by atoms with Gasteiger partial charge in [-0.25, -0.2) is 4.39 Å². The summed E-state index contributed by atoms with van der Waals surface area (Å²) in [4.78, 5) is 0. The average molecular weight is 263 g/mol. The van der Waals surface area contributed by atoms with Gasteiger partial charge in [-0.15, -0.1) is 0 Å². The number of aliphatic hydroxyl groups is 1.